The lowest BCUT2D eigenvalue weighted by atomic mass is 10.1. The molecular weight excluding hydrogens is 274 g/mol. The lowest BCUT2D eigenvalue weighted by molar-refractivity contribution is 0.0919. The van der Waals surface area contributed by atoms with Crippen LogP contribution in [0.2, 0.25) is 0 Å². The molecule has 0 unspecified atom stereocenters. The first kappa shape index (κ1) is 16.0. The van der Waals surface area contributed by atoms with Gasteiger partial charge >= 0.3 is 0 Å². The maximum atomic E-state index is 12.2. The van der Waals surface area contributed by atoms with Gasteiger partial charge in [-0.2, -0.15) is 0 Å². The number of carbonyl (C=O) groups excluding carboxylic acids is 1. The third-order valence-corrected chi connectivity index (χ3v) is 3.15. The van der Waals surface area contributed by atoms with Crippen molar-refractivity contribution in [1.82, 2.24) is 10.3 Å². The van der Waals surface area contributed by atoms with Crippen LogP contribution >= 0.6 is 0 Å². The van der Waals surface area contributed by atoms with Gasteiger partial charge in [0.05, 0.1) is 17.4 Å². The monoisotopic (exact) mass is 297 g/mol. The van der Waals surface area contributed by atoms with Gasteiger partial charge in [0.15, 0.2) is 0 Å². The van der Waals surface area contributed by atoms with E-state index in [4.69, 9.17) is 0 Å². The zero-order valence-electron chi connectivity index (χ0n) is 13.8. The first-order valence-corrected chi connectivity index (χ1v) is 7.36. The SMILES string of the molecule is Cc1ccc(Nc2cncc(C(=O)NC(C)(C)C)c2)c(C)c1. The van der Waals surface area contributed by atoms with E-state index in [-0.39, 0.29) is 11.4 Å². The smallest absolute Gasteiger partial charge is 0.253 e. The summed E-state index contributed by atoms with van der Waals surface area (Å²) in [5.74, 6) is -0.121. The predicted octanol–water partition coefficient (Wildman–Crippen LogP) is 3.97. The minimum atomic E-state index is -0.270. The maximum Gasteiger partial charge on any atom is 0.253 e. The van der Waals surface area contributed by atoms with Gasteiger partial charge in [-0.1, -0.05) is 17.7 Å². The van der Waals surface area contributed by atoms with Crippen LogP contribution < -0.4 is 10.6 Å². The average Bonchev–Trinajstić information content (AvgIpc) is 2.40. The summed E-state index contributed by atoms with van der Waals surface area (Å²) < 4.78 is 0. The fourth-order valence-corrected chi connectivity index (χ4v) is 2.15. The van der Waals surface area contributed by atoms with Crippen molar-refractivity contribution in [2.24, 2.45) is 0 Å². The maximum absolute atomic E-state index is 12.2. The number of pyridine rings is 1. The number of hydrogen-bond acceptors (Lipinski definition) is 3. The Balaban J connectivity index is 2.20. The molecule has 0 aliphatic carbocycles. The summed E-state index contributed by atoms with van der Waals surface area (Å²) in [6, 6.07) is 8.02. The van der Waals surface area contributed by atoms with Crippen LogP contribution in [0.4, 0.5) is 11.4 Å². The summed E-state index contributed by atoms with van der Waals surface area (Å²) in [6.07, 6.45) is 3.29. The molecule has 4 nitrogen and oxygen atoms in total. The van der Waals surface area contributed by atoms with Crippen LogP contribution in [0, 0.1) is 13.8 Å². The summed E-state index contributed by atoms with van der Waals surface area (Å²) >= 11 is 0. The minimum absolute atomic E-state index is 0.121. The first-order chi connectivity index (χ1) is 10.2. The number of aryl methyl sites for hydroxylation is 2. The molecule has 0 bridgehead atoms. The van der Waals surface area contributed by atoms with Gasteiger partial charge in [0, 0.05) is 17.4 Å². The molecular formula is C18H23N3O. The van der Waals surface area contributed by atoms with Crippen LogP contribution in [0.3, 0.4) is 0 Å². The van der Waals surface area contributed by atoms with E-state index in [1.807, 2.05) is 32.9 Å². The Morgan fingerprint density at radius 1 is 1.09 bits per heavy atom. The number of rotatable bonds is 3. The van der Waals surface area contributed by atoms with Gasteiger partial charge in [-0.3, -0.25) is 9.78 Å². The van der Waals surface area contributed by atoms with Crippen LogP contribution in [0.25, 0.3) is 0 Å². The molecule has 1 heterocycles. The molecule has 1 aromatic heterocycles. The fourth-order valence-electron chi connectivity index (χ4n) is 2.15. The number of hydrogen-bond donors (Lipinski definition) is 2. The molecule has 0 aliphatic rings. The highest BCUT2D eigenvalue weighted by Crippen LogP contribution is 2.21. The van der Waals surface area contributed by atoms with Gasteiger partial charge in [0.2, 0.25) is 0 Å². The zero-order chi connectivity index (χ0) is 16.3. The molecule has 0 saturated heterocycles. The third-order valence-electron chi connectivity index (χ3n) is 3.15. The van der Waals surface area contributed by atoms with E-state index in [0.29, 0.717) is 5.56 Å². The lowest BCUT2D eigenvalue weighted by Crippen LogP contribution is -2.40. The lowest BCUT2D eigenvalue weighted by Gasteiger charge is -2.20. The molecule has 0 radical (unpaired) electrons. The number of benzene rings is 1. The summed E-state index contributed by atoms with van der Waals surface area (Å²) in [6.45, 7) is 9.98. The Morgan fingerprint density at radius 2 is 1.82 bits per heavy atom. The van der Waals surface area contributed by atoms with Gasteiger partial charge in [-0.05, 0) is 52.3 Å². The van der Waals surface area contributed by atoms with Crippen molar-refractivity contribution in [2.45, 2.75) is 40.2 Å². The number of aromatic nitrogens is 1. The fraction of sp³-hybridized carbons (Fsp3) is 0.333. The highest BCUT2D eigenvalue weighted by Gasteiger charge is 2.15. The van der Waals surface area contributed by atoms with Crippen LogP contribution in [-0.2, 0) is 0 Å². The quantitative estimate of drug-likeness (QED) is 0.901. The number of carbonyl (C=O) groups is 1. The highest BCUT2D eigenvalue weighted by atomic mass is 16.1. The second-order valence-electron chi connectivity index (χ2n) is 6.61. The molecule has 116 valence electrons. The zero-order valence-corrected chi connectivity index (χ0v) is 13.8. The van der Waals surface area contributed by atoms with E-state index in [9.17, 15) is 4.79 Å². The van der Waals surface area contributed by atoms with E-state index in [2.05, 4.69) is 41.6 Å². The Morgan fingerprint density at radius 3 is 2.45 bits per heavy atom. The van der Waals surface area contributed by atoms with Crippen LogP contribution in [0.15, 0.2) is 36.7 Å². The largest absolute Gasteiger partial charge is 0.354 e. The first-order valence-electron chi connectivity index (χ1n) is 7.36. The summed E-state index contributed by atoms with van der Waals surface area (Å²) in [4.78, 5) is 16.4. The Bertz CT molecular complexity index is 687. The standard InChI is InChI=1S/C18H23N3O/c1-12-6-7-16(13(2)8-12)20-15-9-14(10-19-11-15)17(22)21-18(3,4)5/h6-11,20H,1-5H3,(H,21,22). The molecule has 2 aromatic rings. The third kappa shape index (κ3) is 4.32. The van der Waals surface area contributed by atoms with Gasteiger partial charge in [-0.25, -0.2) is 0 Å². The van der Waals surface area contributed by atoms with Crippen LogP contribution in [0.1, 0.15) is 42.3 Å². The van der Waals surface area contributed by atoms with E-state index in [1.165, 1.54) is 5.56 Å². The molecule has 2 rings (SSSR count). The second-order valence-corrected chi connectivity index (χ2v) is 6.61. The molecule has 0 atom stereocenters. The molecule has 0 spiro atoms. The van der Waals surface area contributed by atoms with Crippen molar-refractivity contribution in [3.63, 3.8) is 0 Å². The molecule has 2 N–H and O–H groups in total. The average molecular weight is 297 g/mol. The van der Waals surface area contributed by atoms with Crippen molar-refractivity contribution in [2.75, 3.05) is 5.32 Å². The molecule has 4 heteroatoms. The normalized spacial score (nSPS) is 11.1. The van der Waals surface area contributed by atoms with Gasteiger partial charge in [0.1, 0.15) is 0 Å². The summed E-state index contributed by atoms with van der Waals surface area (Å²) in [5, 5.41) is 6.25. The minimum Gasteiger partial charge on any atom is -0.354 e. The van der Waals surface area contributed by atoms with Crippen molar-refractivity contribution in [1.29, 1.82) is 0 Å². The summed E-state index contributed by atoms with van der Waals surface area (Å²) in [7, 11) is 0. The van der Waals surface area contributed by atoms with E-state index >= 15 is 0 Å². The molecule has 0 fully saturated rings. The predicted molar refractivity (Wildman–Crippen MR) is 90.7 cm³/mol. The number of nitrogens with zero attached hydrogens (tertiary/aromatic N) is 1. The van der Waals surface area contributed by atoms with Gasteiger partial charge in [0.25, 0.3) is 5.91 Å². The van der Waals surface area contributed by atoms with Crippen LogP contribution in [0.5, 0.6) is 0 Å². The van der Waals surface area contributed by atoms with Crippen molar-refractivity contribution >= 4 is 17.3 Å². The number of anilines is 2. The molecule has 1 aromatic carbocycles. The topological polar surface area (TPSA) is 54.0 Å². The summed E-state index contributed by atoms with van der Waals surface area (Å²) in [5.41, 5.74) is 4.47. The van der Waals surface area contributed by atoms with Gasteiger partial charge < -0.3 is 10.6 Å². The number of amides is 1. The van der Waals surface area contributed by atoms with Crippen LogP contribution in [-0.4, -0.2) is 16.4 Å². The van der Waals surface area contributed by atoms with E-state index < -0.39 is 0 Å². The van der Waals surface area contributed by atoms with E-state index in [0.717, 1.165) is 16.9 Å². The Hall–Kier alpha value is -2.36. The Labute approximate surface area is 132 Å². The molecule has 0 aliphatic heterocycles. The van der Waals surface area contributed by atoms with Crippen molar-refractivity contribution < 1.29 is 4.79 Å². The molecule has 0 saturated carbocycles. The second kappa shape index (κ2) is 6.18. The Kier molecular flexibility index (Phi) is 4.50. The van der Waals surface area contributed by atoms with Crippen molar-refractivity contribution in [3.8, 4) is 0 Å². The highest BCUT2D eigenvalue weighted by molar-refractivity contribution is 5.95. The van der Waals surface area contributed by atoms with E-state index in [1.54, 1.807) is 12.4 Å². The molecule has 1 amide bonds. The molecule has 22 heavy (non-hydrogen) atoms. The van der Waals surface area contributed by atoms with Gasteiger partial charge in [-0.15, -0.1) is 0 Å². The number of nitrogens with one attached hydrogen (secondary N) is 2. The van der Waals surface area contributed by atoms with Crippen molar-refractivity contribution in [3.05, 3.63) is 53.3 Å².